The number of nitrogens with zero attached hydrogens (tertiary/aromatic N) is 1. The summed E-state index contributed by atoms with van der Waals surface area (Å²) in [5.74, 6) is 2.03. The minimum Gasteiger partial charge on any atom is -0.377 e. The number of likely N-dealkylation sites (tertiary alicyclic amines) is 1. The van der Waals surface area contributed by atoms with Crippen molar-refractivity contribution in [1.29, 1.82) is 0 Å². The standard InChI is InChI=1S/C13H23NO2/c1-16-10-13(15)9-14-7-6-11-4-2-3-5-12(11)8-14/h11-12H,2-10H2,1H3. The summed E-state index contributed by atoms with van der Waals surface area (Å²) < 4.78 is 4.88. The fourth-order valence-electron chi connectivity index (χ4n) is 3.28. The topological polar surface area (TPSA) is 29.5 Å². The molecule has 1 saturated carbocycles. The third kappa shape index (κ3) is 3.05. The van der Waals surface area contributed by atoms with E-state index in [2.05, 4.69) is 4.90 Å². The number of fused-ring (bicyclic) bond motifs is 1. The summed E-state index contributed by atoms with van der Waals surface area (Å²) in [6.45, 7) is 3.11. The highest BCUT2D eigenvalue weighted by Crippen LogP contribution is 2.35. The zero-order valence-corrected chi connectivity index (χ0v) is 10.3. The van der Waals surface area contributed by atoms with Gasteiger partial charge in [-0.1, -0.05) is 19.3 Å². The van der Waals surface area contributed by atoms with E-state index >= 15 is 0 Å². The maximum Gasteiger partial charge on any atom is 0.172 e. The van der Waals surface area contributed by atoms with Crippen molar-refractivity contribution in [2.24, 2.45) is 11.8 Å². The molecule has 2 rings (SSSR count). The van der Waals surface area contributed by atoms with Gasteiger partial charge in [0, 0.05) is 13.7 Å². The van der Waals surface area contributed by atoms with Crippen LogP contribution in [0, 0.1) is 11.8 Å². The lowest BCUT2D eigenvalue weighted by atomic mass is 9.75. The van der Waals surface area contributed by atoms with Gasteiger partial charge in [-0.3, -0.25) is 9.69 Å². The van der Waals surface area contributed by atoms with E-state index in [1.807, 2.05) is 0 Å². The van der Waals surface area contributed by atoms with Crippen LogP contribution in [0.1, 0.15) is 32.1 Å². The smallest absolute Gasteiger partial charge is 0.172 e. The van der Waals surface area contributed by atoms with Gasteiger partial charge in [-0.15, -0.1) is 0 Å². The number of Topliss-reactive ketones (excluding diaryl/α,β-unsaturated/α-hetero) is 1. The van der Waals surface area contributed by atoms with Crippen molar-refractivity contribution < 1.29 is 9.53 Å². The molecule has 16 heavy (non-hydrogen) atoms. The largest absolute Gasteiger partial charge is 0.377 e. The number of carbonyl (C=O) groups excluding carboxylic acids is 1. The molecule has 0 spiro atoms. The van der Waals surface area contributed by atoms with Crippen LogP contribution in [0.2, 0.25) is 0 Å². The van der Waals surface area contributed by atoms with E-state index in [0.717, 1.165) is 24.9 Å². The Morgan fingerprint density at radius 3 is 2.75 bits per heavy atom. The number of rotatable bonds is 4. The van der Waals surface area contributed by atoms with Crippen molar-refractivity contribution in [2.75, 3.05) is 33.4 Å². The average molecular weight is 225 g/mol. The maximum absolute atomic E-state index is 11.5. The molecule has 1 aliphatic heterocycles. The molecule has 1 heterocycles. The van der Waals surface area contributed by atoms with Gasteiger partial charge in [0.15, 0.2) is 5.78 Å². The third-order valence-corrected chi connectivity index (χ3v) is 4.08. The first-order chi connectivity index (χ1) is 7.79. The van der Waals surface area contributed by atoms with E-state index in [1.54, 1.807) is 7.11 Å². The van der Waals surface area contributed by atoms with Crippen molar-refractivity contribution in [3.8, 4) is 0 Å². The van der Waals surface area contributed by atoms with E-state index in [-0.39, 0.29) is 12.4 Å². The summed E-state index contributed by atoms with van der Waals surface area (Å²) >= 11 is 0. The summed E-state index contributed by atoms with van der Waals surface area (Å²) in [6, 6.07) is 0. The second kappa shape index (κ2) is 5.78. The number of ether oxygens (including phenoxy) is 1. The van der Waals surface area contributed by atoms with Crippen LogP contribution < -0.4 is 0 Å². The van der Waals surface area contributed by atoms with Gasteiger partial charge in [-0.25, -0.2) is 0 Å². The average Bonchev–Trinajstić information content (AvgIpc) is 2.29. The van der Waals surface area contributed by atoms with Crippen molar-refractivity contribution in [1.82, 2.24) is 4.90 Å². The van der Waals surface area contributed by atoms with Crippen LogP contribution >= 0.6 is 0 Å². The predicted octanol–water partition coefficient (Wildman–Crippen LogP) is 1.71. The molecule has 3 nitrogen and oxygen atoms in total. The van der Waals surface area contributed by atoms with Crippen LogP contribution in [-0.4, -0.2) is 44.0 Å². The highest BCUT2D eigenvalue weighted by atomic mass is 16.5. The first-order valence-electron chi connectivity index (χ1n) is 6.52. The number of ketones is 1. The molecule has 0 N–H and O–H groups in total. The lowest BCUT2D eigenvalue weighted by molar-refractivity contribution is -0.124. The number of hydrogen-bond acceptors (Lipinski definition) is 3. The zero-order valence-electron chi connectivity index (χ0n) is 10.3. The first kappa shape index (κ1) is 12.1. The zero-order chi connectivity index (χ0) is 11.4. The van der Waals surface area contributed by atoms with Gasteiger partial charge < -0.3 is 4.74 Å². The molecule has 1 aliphatic carbocycles. The Bertz CT molecular complexity index is 242. The summed E-state index contributed by atoms with van der Waals surface area (Å²) in [4.78, 5) is 13.8. The van der Waals surface area contributed by atoms with E-state index < -0.39 is 0 Å². The second-order valence-corrected chi connectivity index (χ2v) is 5.30. The lowest BCUT2D eigenvalue weighted by Gasteiger charge is -2.41. The molecule has 0 radical (unpaired) electrons. The number of hydrogen-bond donors (Lipinski definition) is 0. The molecule has 2 atom stereocenters. The highest BCUT2D eigenvalue weighted by molar-refractivity contribution is 5.81. The molecule has 0 aromatic heterocycles. The molecular weight excluding hydrogens is 202 g/mol. The molecule has 1 saturated heterocycles. The minimum atomic E-state index is 0.219. The van der Waals surface area contributed by atoms with Gasteiger partial charge >= 0.3 is 0 Å². The molecular formula is C13H23NO2. The Labute approximate surface area is 98.1 Å². The van der Waals surface area contributed by atoms with Gasteiger partial charge in [0.25, 0.3) is 0 Å². The molecule has 3 heteroatoms. The van der Waals surface area contributed by atoms with Crippen LogP contribution in [0.5, 0.6) is 0 Å². The Balaban J connectivity index is 1.78. The van der Waals surface area contributed by atoms with Crippen LogP contribution in [-0.2, 0) is 9.53 Å². The predicted molar refractivity (Wildman–Crippen MR) is 63.4 cm³/mol. The van der Waals surface area contributed by atoms with E-state index in [9.17, 15) is 4.79 Å². The van der Waals surface area contributed by atoms with Gasteiger partial charge in [0.05, 0.1) is 6.54 Å². The first-order valence-corrected chi connectivity index (χ1v) is 6.52. The van der Waals surface area contributed by atoms with Crippen molar-refractivity contribution in [3.63, 3.8) is 0 Å². The van der Waals surface area contributed by atoms with Gasteiger partial charge in [-0.2, -0.15) is 0 Å². The van der Waals surface area contributed by atoms with Gasteiger partial charge in [0.2, 0.25) is 0 Å². The van der Waals surface area contributed by atoms with Gasteiger partial charge in [0.1, 0.15) is 6.61 Å². The summed E-state index contributed by atoms with van der Waals surface area (Å²) in [5.41, 5.74) is 0. The monoisotopic (exact) mass is 225 g/mol. The summed E-state index contributed by atoms with van der Waals surface area (Å²) in [6.07, 6.45) is 6.90. The molecule has 92 valence electrons. The van der Waals surface area contributed by atoms with E-state index in [1.165, 1.54) is 32.1 Å². The highest BCUT2D eigenvalue weighted by Gasteiger charge is 2.31. The number of piperidine rings is 1. The molecule has 0 aromatic rings. The Morgan fingerprint density at radius 1 is 1.25 bits per heavy atom. The second-order valence-electron chi connectivity index (χ2n) is 5.30. The molecule has 2 aliphatic rings. The summed E-state index contributed by atoms with van der Waals surface area (Å²) in [5, 5.41) is 0. The van der Waals surface area contributed by atoms with Crippen molar-refractivity contribution in [2.45, 2.75) is 32.1 Å². The van der Waals surface area contributed by atoms with Crippen LogP contribution in [0.15, 0.2) is 0 Å². The Kier molecular flexibility index (Phi) is 4.36. The van der Waals surface area contributed by atoms with Crippen LogP contribution in [0.25, 0.3) is 0 Å². The lowest BCUT2D eigenvalue weighted by Crippen LogP contribution is -2.44. The fraction of sp³-hybridized carbons (Fsp3) is 0.923. The molecule has 0 amide bonds. The van der Waals surface area contributed by atoms with Crippen LogP contribution in [0.3, 0.4) is 0 Å². The SMILES string of the molecule is COCC(=O)CN1CCC2CCCCC2C1. The van der Waals surface area contributed by atoms with E-state index in [0.29, 0.717) is 6.54 Å². The molecule has 2 unspecified atom stereocenters. The quantitative estimate of drug-likeness (QED) is 0.729. The minimum absolute atomic E-state index is 0.219. The number of carbonyl (C=O) groups is 1. The molecule has 0 aromatic carbocycles. The molecule has 0 bridgehead atoms. The van der Waals surface area contributed by atoms with Crippen molar-refractivity contribution >= 4 is 5.78 Å². The maximum atomic E-state index is 11.5. The third-order valence-electron chi connectivity index (χ3n) is 4.08. The van der Waals surface area contributed by atoms with Crippen molar-refractivity contribution in [3.05, 3.63) is 0 Å². The Hall–Kier alpha value is -0.410. The molecule has 2 fully saturated rings. The van der Waals surface area contributed by atoms with Crippen LogP contribution in [0.4, 0.5) is 0 Å². The Morgan fingerprint density at radius 2 is 2.00 bits per heavy atom. The fourth-order valence-corrected chi connectivity index (χ4v) is 3.28. The summed E-state index contributed by atoms with van der Waals surface area (Å²) in [7, 11) is 1.59. The number of methoxy groups -OCH3 is 1. The van der Waals surface area contributed by atoms with Gasteiger partial charge in [-0.05, 0) is 31.2 Å². The van der Waals surface area contributed by atoms with E-state index in [4.69, 9.17) is 4.74 Å². The normalized spacial score (nSPS) is 31.1.